The first-order chi connectivity index (χ1) is 40.0. The van der Waals surface area contributed by atoms with Crippen molar-refractivity contribution in [1.29, 1.82) is 0 Å². The van der Waals surface area contributed by atoms with E-state index in [2.05, 4.69) is 25.0 Å². The maximum atomic E-state index is 9.78. The molecule has 0 spiro atoms. The third-order valence-electron chi connectivity index (χ3n) is 15.1. The van der Waals surface area contributed by atoms with E-state index in [1.165, 1.54) is 212 Å². The second-order valence-corrected chi connectivity index (χ2v) is 23.4. The van der Waals surface area contributed by atoms with Crippen LogP contribution in [0.1, 0.15) is 259 Å². The van der Waals surface area contributed by atoms with Crippen molar-refractivity contribution in [2.45, 2.75) is 259 Å². The normalized spacial score (nSPS) is 11.8. The fourth-order valence-corrected chi connectivity index (χ4v) is 10.4. The number of aliphatic hydroxyl groups is 2. The Labute approximate surface area is 502 Å². The van der Waals surface area contributed by atoms with Crippen LogP contribution in [0.15, 0.2) is 0 Å². The van der Waals surface area contributed by atoms with E-state index in [1.54, 1.807) is 21.3 Å². The van der Waals surface area contributed by atoms with Gasteiger partial charge < -0.3 is 47.7 Å². The summed E-state index contributed by atoms with van der Waals surface area (Å²) in [5.74, 6) is 1.16. The van der Waals surface area contributed by atoms with Gasteiger partial charge in [0.1, 0.15) is 60.0 Å². The van der Waals surface area contributed by atoms with Crippen LogP contribution in [0.3, 0.4) is 0 Å². The summed E-state index contributed by atoms with van der Waals surface area (Å²) in [7, 11) is 0.525. The number of quaternary nitrogens is 1. The highest BCUT2D eigenvalue weighted by molar-refractivity contribution is 7.80. The Hall–Kier alpha value is -2.08. The maximum absolute atomic E-state index is 9.78. The molecule has 0 atom stereocenters. The summed E-state index contributed by atoms with van der Waals surface area (Å²) < 4.78 is 68.3. The van der Waals surface area contributed by atoms with Gasteiger partial charge in [-0.1, -0.05) is 232 Å². The van der Waals surface area contributed by atoms with Crippen LogP contribution >= 0.6 is 0 Å². The van der Waals surface area contributed by atoms with E-state index in [9.17, 15) is 23.2 Å². The van der Waals surface area contributed by atoms with Crippen LogP contribution in [0, 0.1) is 0 Å². The topological polar surface area (TPSA) is 211 Å². The van der Waals surface area contributed by atoms with Crippen molar-refractivity contribution in [3.8, 4) is 0 Å². The van der Waals surface area contributed by atoms with Gasteiger partial charge in [0.2, 0.25) is 28.2 Å². The number of hydrogen-bond acceptors (Lipinski definition) is 18. The number of anilines is 3. The van der Waals surface area contributed by atoms with Gasteiger partial charge in [-0.15, -0.1) is 0 Å². The van der Waals surface area contributed by atoms with Gasteiger partial charge in [-0.05, 0) is 26.7 Å². The van der Waals surface area contributed by atoms with Gasteiger partial charge in [-0.3, -0.25) is 18.9 Å². The number of unbranched alkanes of at least 4 members (excludes halogenated alkanes) is 34. The summed E-state index contributed by atoms with van der Waals surface area (Å²) in [5.41, 5.74) is 0. The largest absolute Gasteiger partial charge is 0.726 e. The summed E-state index contributed by atoms with van der Waals surface area (Å²) in [6.07, 6.45) is 48.4. The average molecular weight is 1190 g/mol. The SMILES string of the molecule is CCCCCCCCCCCCCCCCCCCCOCN(COC)c1nc(N(COC)COCCCCCCCCCCCCCCCCCCCC)nc(N(COC)COCC[N+](CC)(CCO)CCO)n1.CCOS(=O)(=O)[O-]. The van der Waals surface area contributed by atoms with Gasteiger partial charge >= 0.3 is 0 Å². The highest BCUT2D eigenvalue weighted by Crippen LogP contribution is 2.22. The molecule has 0 unspecified atom stereocenters. The zero-order chi connectivity index (χ0) is 60.3. The molecule has 0 saturated carbocycles. The molecule has 0 aliphatic carbocycles. The summed E-state index contributed by atoms with van der Waals surface area (Å²) in [5, 5.41) is 19.6. The fraction of sp³-hybridized carbons (Fsp3) is 0.952. The van der Waals surface area contributed by atoms with Crippen molar-refractivity contribution < 1.29 is 60.3 Å². The highest BCUT2D eigenvalue weighted by Gasteiger charge is 2.25. The van der Waals surface area contributed by atoms with Gasteiger partial charge in [0.15, 0.2) is 0 Å². The number of aliphatic hydroxyl groups excluding tert-OH is 2. The molecule has 0 saturated heterocycles. The van der Waals surface area contributed by atoms with E-state index >= 15 is 0 Å². The van der Waals surface area contributed by atoms with Crippen LogP contribution in [0.2, 0.25) is 0 Å². The molecule has 0 radical (unpaired) electrons. The maximum Gasteiger partial charge on any atom is 0.235 e. The van der Waals surface area contributed by atoms with Crippen molar-refractivity contribution in [3.63, 3.8) is 0 Å². The van der Waals surface area contributed by atoms with Gasteiger partial charge in [-0.25, -0.2) is 8.42 Å². The van der Waals surface area contributed by atoms with Crippen LogP contribution in [0.25, 0.3) is 0 Å². The Morgan fingerprint density at radius 1 is 0.390 bits per heavy atom. The Bertz CT molecular complexity index is 1520. The van der Waals surface area contributed by atoms with E-state index in [0.29, 0.717) is 61.8 Å². The molecule has 0 aliphatic rings. The molecule has 2 N–H and O–H groups in total. The number of rotatable bonds is 63. The van der Waals surface area contributed by atoms with Crippen molar-refractivity contribution in [1.82, 2.24) is 15.0 Å². The minimum absolute atomic E-state index is 0.0442. The average Bonchev–Trinajstić information content (AvgIpc) is 3.56. The Morgan fingerprint density at radius 3 is 0.854 bits per heavy atom. The predicted octanol–water partition coefficient (Wildman–Crippen LogP) is 13.4. The van der Waals surface area contributed by atoms with Crippen LogP contribution in [-0.2, 0) is 43.0 Å². The quantitative estimate of drug-likeness (QED) is 0.0204. The number of methoxy groups -OCH3 is 3. The lowest BCUT2D eigenvalue weighted by molar-refractivity contribution is -0.927. The number of ether oxygens (including phenoxy) is 6. The smallest absolute Gasteiger partial charge is 0.235 e. The van der Waals surface area contributed by atoms with Crippen molar-refractivity contribution in [3.05, 3.63) is 0 Å². The van der Waals surface area contributed by atoms with E-state index in [0.717, 1.165) is 32.2 Å². The standard InChI is InChI=1S/C60H122N7O8.C2H6O4S/c1-7-10-12-14-16-18-20-22-24-26-28-30-32-34-36-38-40-42-49-73-55-64(52-70-4)58-61-59(63-60(62-58)66(54-72-6)57-75-51-46-67(9-3,44-47-68)45-48-69)65(53-71-5)56-74-50-43-41-39-37-35-33-31-29-27-25-23-21-19-17-15-13-11-8-2;1-2-6-7(3,4)5/h68-69H,7-57H2,1-6H3;2H2,1H3,(H,3,4,5)/q+1;/p-1. The lowest BCUT2D eigenvalue weighted by Crippen LogP contribution is -2.53. The molecule has 1 heterocycles. The van der Waals surface area contributed by atoms with Gasteiger partial charge in [0.05, 0.1) is 33.0 Å². The molecule has 0 bridgehead atoms. The number of hydrogen-bond donors (Lipinski definition) is 2. The molecule has 0 aliphatic heterocycles. The second kappa shape index (κ2) is 59.3. The fourth-order valence-electron chi connectivity index (χ4n) is 10.1. The van der Waals surface area contributed by atoms with Crippen LogP contribution in [-0.4, -0.2) is 170 Å². The molecule has 0 aromatic carbocycles. The van der Waals surface area contributed by atoms with Gasteiger partial charge in [0, 0.05) is 34.5 Å². The zero-order valence-electron chi connectivity index (χ0n) is 53.8. The first-order valence-electron chi connectivity index (χ1n) is 32.9. The Balaban J connectivity index is 0.00000874. The summed E-state index contributed by atoms with van der Waals surface area (Å²) in [4.78, 5) is 20.4. The molecule has 1 aromatic heterocycles. The van der Waals surface area contributed by atoms with Crippen LogP contribution in [0.5, 0.6) is 0 Å². The molecule has 82 heavy (non-hydrogen) atoms. The van der Waals surface area contributed by atoms with E-state index in [1.807, 2.05) is 14.7 Å². The van der Waals surface area contributed by atoms with Crippen LogP contribution in [0.4, 0.5) is 17.8 Å². The highest BCUT2D eigenvalue weighted by atomic mass is 32.3. The lowest BCUT2D eigenvalue weighted by atomic mass is 10.0. The first-order valence-corrected chi connectivity index (χ1v) is 34.2. The molecule has 1 aromatic rings. The zero-order valence-corrected chi connectivity index (χ0v) is 54.6. The first kappa shape index (κ1) is 79.9. The number of aromatic nitrogens is 3. The summed E-state index contributed by atoms with van der Waals surface area (Å²) >= 11 is 0. The monoisotopic (exact) mass is 1190 g/mol. The molecule has 1 rings (SSSR count). The third kappa shape index (κ3) is 48.1. The molecule has 19 nitrogen and oxygen atoms in total. The van der Waals surface area contributed by atoms with Gasteiger partial charge in [0.25, 0.3) is 0 Å². The Kier molecular flexibility index (Phi) is 57.8. The molecule has 20 heteroatoms. The summed E-state index contributed by atoms with van der Waals surface area (Å²) in [6.45, 7) is 13.6. The summed E-state index contributed by atoms with van der Waals surface area (Å²) in [6, 6.07) is 0. The molecule has 0 fully saturated rings. The molecule has 488 valence electrons. The van der Waals surface area contributed by atoms with Crippen molar-refractivity contribution in [2.24, 2.45) is 0 Å². The van der Waals surface area contributed by atoms with E-state index < -0.39 is 10.4 Å². The van der Waals surface area contributed by atoms with Crippen molar-refractivity contribution >= 4 is 28.2 Å². The van der Waals surface area contributed by atoms with E-state index in [4.69, 9.17) is 43.4 Å². The van der Waals surface area contributed by atoms with Gasteiger partial charge in [-0.2, -0.15) is 15.0 Å². The molecular weight excluding hydrogens is 1070 g/mol. The predicted molar refractivity (Wildman–Crippen MR) is 334 cm³/mol. The molecule has 0 amide bonds. The third-order valence-corrected chi connectivity index (χ3v) is 15.6. The second-order valence-electron chi connectivity index (χ2n) is 22.3. The number of nitrogens with zero attached hydrogens (tertiary/aromatic N) is 7. The minimum Gasteiger partial charge on any atom is -0.726 e. The van der Waals surface area contributed by atoms with Crippen molar-refractivity contribution in [2.75, 3.05) is 142 Å². The van der Waals surface area contributed by atoms with Crippen LogP contribution < -0.4 is 14.7 Å². The number of likely N-dealkylation sites (N-methyl/N-ethyl adjacent to an activating group) is 1. The minimum atomic E-state index is -4.42. The lowest BCUT2D eigenvalue weighted by Gasteiger charge is -2.37. The van der Waals surface area contributed by atoms with E-state index in [-0.39, 0.29) is 60.2 Å². The molecular formula is C62H127N7O12S. The Morgan fingerprint density at radius 2 is 0.646 bits per heavy atom.